The fraction of sp³-hybridized carbons (Fsp3) is 0.414. The van der Waals surface area contributed by atoms with E-state index in [1.807, 2.05) is 7.05 Å². The summed E-state index contributed by atoms with van der Waals surface area (Å²) in [6.45, 7) is 2.77. The van der Waals surface area contributed by atoms with Gasteiger partial charge in [0.05, 0.1) is 5.39 Å². The molecule has 2 N–H and O–H groups in total. The van der Waals surface area contributed by atoms with Gasteiger partial charge in [0.2, 0.25) is 0 Å². The average molecular weight is 551 g/mol. The van der Waals surface area contributed by atoms with Crippen LogP contribution >= 0.6 is 0 Å². The standard InChI is InChI=1S/C29H29F3N6O2/c1-37-8-2-3-18(37)14-40-29-35-27-21(28(36-29)38-12-16-5-6-17(13-38)34-16)11-33-26(25(27)32)20-10-19(39)9-15-4-7-22(30)24(31)23(15)20/h4,7,9-11,16-18,34,39H,2-3,5-6,8,12-14H2,1H3/t16?,17?,18-/m0/s1. The van der Waals surface area contributed by atoms with E-state index in [0.717, 1.165) is 38.3 Å². The molecule has 3 saturated heterocycles. The molecule has 3 atom stereocenters. The Morgan fingerprint density at radius 2 is 1.85 bits per heavy atom. The molecule has 7 rings (SSSR count). The van der Waals surface area contributed by atoms with E-state index in [0.29, 0.717) is 43.0 Å². The second-order valence-corrected chi connectivity index (χ2v) is 11.1. The maximum absolute atomic E-state index is 16.4. The number of aromatic nitrogens is 3. The van der Waals surface area contributed by atoms with Crippen molar-refractivity contribution >= 4 is 27.5 Å². The zero-order chi connectivity index (χ0) is 27.5. The second kappa shape index (κ2) is 9.74. The number of rotatable bonds is 5. The number of ether oxygens (including phenoxy) is 1. The lowest BCUT2D eigenvalue weighted by Crippen LogP contribution is -2.51. The largest absolute Gasteiger partial charge is 0.508 e. The van der Waals surface area contributed by atoms with Gasteiger partial charge in [-0.2, -0.15) is 9.97 Å². The van der Waals surface area contributed by atoms with Gasteiger partial charge in [-0.1, -0.05) is 6.07 Å². The Kier molecular flexibility index (Phi) is 6.16. The van der Waals surface area contributed by atoms with Crippen LogP contribution in [0.2, 0.25) is 0 Å². The molecule has 3 fully saturated rings. The molecule has 0 radical (unpaired) electrons. The normalized spacial score (nSPS) is 23.0. The van der Waals surface area contributed by atoms with Crippen LogP contribution in [0.1, 0.15) is 25.7 Å². The van der Waals surface area contributed by atoms with Gasteiger partial charge in [-0.05, 0) is 62.9 Å². The van der Waals surface area contributed by atoms with Crippen LogP contribution in [0, 0.1) is 17.5 Å². The summed E-state index contributed by atoms with van der Waals surface area (Å²) in [5.74, 6) is -2.73. The highest BCUT2D eigenvalue weighted by molar-refractivity contribution is 6.00. The molecule has 0 aliphatic carbocycles. The molecule has 0 saturated carbocycles. The number of aromatic hydroxyl groups is 1. The molecule has 3 aliphatic rings. The van der Waals surface area contributed by atoms with Gasteiger partial charge in [-0.3, -0.25) is 4.98 Å². The van der Waals surface area contributed by atoms with E-state index in [-0.39, 0.29) is 45.3 Å². The van der Waals surface area contributed by atoms with Crippen LogP contribution in [0.3, 0.4) is 0 Å². The summed E-state index contributed by atoms with van der Waals surface area (Å²) in [6, 6.07) is 5.69. The predicted octanol–water partition coefficient (Wildman–Crippen LogP) is 4.38. The highest BCUT2D eigenvalue weighted by Gasteiger charge is 2.34. The Balaban J connectivity index is 1.38. The number of likely N-dealkylation sites (N-methyl/N-ethyl adjacent to an activating group) is 1. The minimum atomic E-state index is -1.14. The first kappa shape index (κ1) is 25.3. The number of hydrogen-bond acceptors (Lipinski definition) is 8. The van der Waals surface area contributed by atoms with Gasteiger partial charge >= 0.3 is 6.01 Å². The van der Waals surface area contributed by atoms with E-state index in [1.165, 1.54) is 24.4 Å². The van der Waals surface area contributed by atoms with E-state index >= 15 is 4.39 Å². The number of piperazine rings is 1. The number of nitrogens with one attached hydrogen (secondary N) is 1. The molecule has 11 heteroatoms. The van der Waals surface area contributed by atoms with Gasteiger partial charge in [0, 0.05) is 48.4 Å². The molecular formula is C29H29F3N6O2. The Labute approximate surface area is 228 Å². The van der Waals surface area contributed by atoms with Gasteiger partial charge in [0.25, 0.3) is 0 Å². The maximum Gasteiger partial charge on any atom is 0.319 e. The summed E-state index contributed by atoms with van der Waals surface area (Å²) in [6.07, 6.45) is 5.66. The minimum absolute atomic E-state index is 0.0241. The summed E-state index contributed by atoms with van der Waals surface area (Å²) in [4.78, 5) is 17.9. The van der Waals surface area contributed by atoms with Crippen LogP contribution in [0.25, 0.3) is 32.9 Å². The van der Waals surface area contributed by atoms with Crippen LogP contribution < -0.4 is 15.0 Å². The van der Waals surface area contributed by atoms with Crippen molar-refractivity contribution in [2.75, 3.05) is 38.2 Å². The van der Waals surface area contributed by atoms with Crippen molar-refractivity contribution in [3.63, 3.8) is 0 Å². The third kappa shape index (κ3) is 4.28. The number of phenolic OH excluding ortho intramolecular Hbond substituents is 1. The number of likely N-dealkylation sites (tertiary alicyclic amines) is 1. The Morgan fingerprint density at radius 1 is 1.05 bits per heavy atom. The number of benzene rings is 2. The molecular weight excluding hydrogens is 521 g/mol. The van der Waals surface area contributed by atoms with Crippen molar-refractivity contribution in [1.29, 1.82) is 0 Å². The number of pyridine rings is 1. The zero-order valence-corrected chi connectivity index (χ0v) is 22.0. The second-order valence-electron chi connectivity index (χ2n) is 11.1. The molecule has 3 aliphatic heterocycles. The number of phenols is 1. The molecule has 4 aromatic rings. The van der Waals surface area contributed by atoms with Crippen molar-refractivity contribution in [3.8, 4) is 23.0 Å². The van der Waals surface area contributed by atoms with Crippen LogP contribution in [-0.2, 0) is 0 Å². The summed E-state index contributed by atoms with van der Waals surface area (Å²) >= 11 is 0. The van der Waals surface area contributed by atoms with Gasteiger partial charge in [0.15, 0.2) is 17.5 Å². The highest BCUT2D eigenvalue weighted by Crippen LogP contribution is 2.39. The molecule has 0 spiro atoms. The fourth-order valence-electron chi connectivity index (χ4n) is 6.41. The van der Waals surface area contributed by atoms with Crippen LogP contribution in [0.15, 0.2) is 30.5 Å². The Hall–Kier alpha value is -3.70. The monoisotopic (exact) mass is 550 g/mol. The smallest absolute Gasteiger partial charge is 0.319 e. The maximum atomic E-state index is 16.4. The number of nitrogens with zero attached hydrogens (tertiary/aromatic N) is 5. The van der Waals surface area contributed by atoms with Crippen molar-refractivity contribution in [2.45, 2.75) is 43.8 Å². The Bertz CT molecular complexity index is 1620. The van der Waals surface area contributed by atoms with E-state index in [2.05, 4.69) is 25.1 Å². The summed E-state index contributed by atoms with van der Waals surface area (Å²) in [5, 5.41) is 14.4. The molecule has 2 aromatic carbocycles. The lowest BCUT2D eigenvalue weighted by molar-refractivity contribution is 0.188. The third-order valence-electron chi connectivity index (χ3n) is 8.48. The predicted molar refractivity (Wildman–Crippen MR) is 145 cm³/mol. The molecule has 5 heterocycles. The average Bonchev–Trinajstić information content (AvgIpc) is 3.52. The van der Waals surface area contributed by atoms with E-state index < -0.39 is 17.5 Å². The van der Waals surface area contributed by atoms with Gasteiger partial charge in [0.1, 0.15) is 29.4 Å². The first-order chi connectivity index (χ1) is 19.4. The van der Waals surface area contributed by atoms with Crippen molar-refractivity contribution < 1.29 is 23.0 Å². The van der Waals surface area contributed by atoms with Gasteiger partial charge < -0.3 is 25.0 Å². The van der Waals surface area contributed by atoms with E-state index in [1.54, 1.807) is 0 Å². The molecule has 0 amide bonds. The van der Waals surface area contributed by atoms with E-state index in [9.17, 15) is 13.9 Å². The lowest BCUT2D eigenvalue weighted by atomic mass is 9.99. The molecule has 8 nitrogen and oxygen atoms in total. The first-order valence-corrected chi connectivity index (χ1v) is 13.7. The van der Waals surface area contributed by atoms with Crippen molar-refractivity contribution in [2.24, 2.45) is 0 Å². The highest BCUT2D eigenvalue weighted by atomic mass is 19.2. The molecule has 2 unspecified atom stereocenters. The van der Waals surface area contributed by atoms with Crippen LogP contribution in [0.4, 0.5) is 19.0 Å². The first-order valence-electron chi connectivity index (χ1n) is 13.7. The van der Waals surface area contributed by atoms with Crippen LogP contribution in [0.5, 0.6) is 11.8 Å². The number of halogens is 3. The van der Waals surface area contributed by atoms with Crippen molar-refractivity contribution in [1.82, 2.24) is 25.2 Å². The van der Waals surface area contributed by atoms with Crippen LogP contribution in [-0.4, -0.2) is 76.4 Å². The quantitative estimate of drug-likeness (QED) is 0.379. The third-order valence-corrected chi connectivity index (χ3v) is 8.48. The molecule has 208 valence electrons. The lowest BCUT2D eigenvalue weighted by Gasteiger charge is -2.34. The molecule has 2 aromatic heterocycles. The number of fused-ring (bicyclic) bond motifs is 4. The molecule has 40 heavy (non-hydrogen) atoms. The molecule has 2 bridgehead atoms. The minimum Gasteiger partial charge on any atom is -0.508 e. The summed E-state index contributed by atoms with van der Waals surface area (Å²) < 4.78 is 51.6. The van der Waals surface area contributed by atoms with Gasteiger partial charge in [-0.25, -0.2) is 13.2 Å². The summed E-state index contributed by atoms with van der Waals surface area (Å²) in [5.41, 5.74) is -0.338. The fourth-order valence-corrected chi connectivity index (χ4v) is 6.41. The van der Waals surface area contributed by atoms with E-state index in [4.69, 9.17) is 9.72 Å². The summed E-state index contributed by atoms with van der Waals surface area (Å²) in [7, 11) is 2.05. The zero-order valence-electron chi connectivity index (χ0n) is 22.0. The van der Waals surface area contributed by atoms with Crippen molar-refractivity contribution in [3.05, 3.63) is 47.9 Å². The number of anilines is 1. The Morgan fingerprint density at radius 3 is 2.60 bits per heavy atom. The SMILES string of the molecule is CN1CCC[C@H]1COc1nc(N2CC3CCC(C2)N3)c2cnc(-c3cc(O)cc4ccc(F)c(F)c34)c(F)c2n1. The topological polar surface area (TPSA) is 86.6 Å². The van der Waals surface area contributed by atoms with Gasteiger partial charge in [-0.15, -0.1) is 0 Å². The number of hydrogen-bond donors (Lipinski definition) is 2.